The minimum atomic E-state index is -0.310. The molecule has 8 heteroatoms. The average Bonchev–Trinajstić information content (AvgIpc) is 3.60. The molecule has 7 nitrogen and oxygen atoms in total. The molecule has 1 atom stereocenters. The van der Waals surface area contributed by atoms with Crippen molar-refractivity contribution in [3.8, 4) is 23.1 Å². The van der Waals surface area contributed by atoms with Crippen molar-refractivity contribution in [2.75, 3.05) is 50.1 Å². The lowest BCUT2D eigenvalue weighted by Crippen LogP contribution is -2.31. The minimum Gasteiger partial charge on any atom is -0.370 e. The van der Waals surface area contributed by atoms with Gasteiger partial charge in [-0.25, -0.2) is 14.4 Å². The number of benzene rings is 2. The highest BCUT2D eigenvalue weighted by atomic mass is 19.1. The van der Waals surface area contributed by atoms with E-state index in [1.165, 1.54) is 6.42 Å². The monoisotopic (exact) mass is 509 g/mol. The number of nitrogens with zero attached hydrogens (tertiary/aromatic N) is 7. The number of nitriles is 1. The molecule has 0 saturated carbocycles. The van der Waals surface area contributed by atoms with Gasteiger partial charge in [0.2, 0.25) is 0 Å². The molecule has 2 aromatic carbocycles. The van der Waals surface area contributed by atoms with Crippen molar-refractivity contribution in [2.45, 2.75) is 31.7 Å². The highest BCUT2D eigenvalue weighted by Gasteiger charge is 2.26. The molecule has 4 heterocycles. The lowest BCUT2D eigenvalue weighted by atomic mass is 10.1. The number of imidazole rings is 1. The third-order valence-corrected chi connectivity index (χ3v) is 7.92. The van der Waals surface area contributed by atoms with E-state index in [1.54, 1.807) is 24.4 Å². The predicted molar refractivity (Wildman–Crippen MR) is 149 cm³/mol. The summed E-state index contributed by atoms with van der Waals surface area (Å²) in [5, 5.41) is 9.28. The van der Waals surface area contributed by atoms with Gasteiger partial charge in [-0.3, -0.25) is 4.57 Å². The van der Waals surface area contributed by atoms with Gasteiger partial charge in [0.1, 0.15) is 17.2 Å². The van der Waals surface area contributed by atoms with Crippen LogP contribution in [-0.4, -0.2) is 65.8 Å². The van der Waals surface area contributed by atoms with Crippen molar-refractivity contribution in [1.82, 2.24) is 19.4 Å². The third kappa shape index (κ3) is 4.37. The molecule has 0 spiro atoms. The summed E-state index contributed by atoms with van der Waals surface area (Å²) in [6, 6.07) is 17.4. The van der Waals surface area contributed by atoms with E-state index in [1.807, 2.05) is 34.9 Å². The fourth-order valence-corrected chi connectivity index (χ4v) is 5.74. The van der Waals surface area contributed by atoms with Crippen LogP contribution in [0.4, 0.5) is 15.8 Å². The molecule has 38 heavy (non-hydrogen) atoms. The summed E-state index contributed by atoms with van der Waals surface area (Å²) in [6.07, 6.45) is 6.39. The van der Waals surface area contributed by atoms with E-state index in [9.17, 15) is 5.26 Å². The van der Waals surface area contributed by atoms with Gasteiger partial charge < -0.3 is 14.7 Å². The fraction of sp³-hybridized carbons (Fsp3) is 0.367. The van der Waals surface area contributed by atoms with Crippen LogP contribution in [0.3, 0.4) is 0 Å². The van der Waals surface area contributed by atoms with E-state index >= 15 is 4.39 Å². The Balaban J connectivity index is 1.48. The number of hydrogen-bond donors (Lipinski definition) is 0. The number of likely N-dealkylation sites (N-methyl/N-ethyl adjacent to an activating group) is 1. The molecule has 0 radical (unpaired) electrons. The summed E-state index contributed by atoms with van der Waals surface area (Å²) in [5.74, 6) is 0.303. The Kier molecular flexibility index (Phi) is 6.46. The predicted octanol–water partition coefficient (Wildman–Crippen LogP) is 5.23. The van der Waals surface area contributed by atoms with Crippen LogP contribution >= 0.6 is 0 Å². The van der Waals surface area contributed by atoms with E-state index in [-0.39, 0.29) is 5.82 Å². The number of halogens is 1. The number of piperidine rings is 1. The number of hydrogen-bond acceptors (Lipinski definition) is 6. The van der Waals surface area contributed by atoms with Crippen LogP contribution in [0.15, 0.2) is 54.7 Å². The molecule has 0 N–H and O–H groups in total. The van der Waals surface area contributed by atoms with Gasteiger partial charge in [-0.05, 0) is 88.3 Å². The summed E-state index contributed by atoms with van der Waals surface area (Å²) >= 11 is 0. The first kappa shape index (κ1) is 24.4. The third-order valence-electron chi connectivity index (χ3n) is 7.92. The van der Waals surface area contributed by atoms with Crippen molar-refractivity contribution in [3.05, 3.63) is 66.1 Å². The normalized spacial score (nSPS) is 17.9. The van der Waals surface area contributed by atoms with Gasteiger partial charge >= 0.3 is 0 Å². The van der Waals surface area contributed by atoms with Crippen molar-refractivity contribution < 1.29 is 4.39 Å². The van der Waals surface area contributed by atoms with Gasteiger partial charge in [-0.15, -0.1) is 0 Å². The van der Waals surface area contributed by atoms with E-state index < -0.39 is 0 Å². The molecular weight excluding hydrogens is 477 g/mol. The van der Waals surface area contributed by atoms with E-state index in [0.29, 0.717) is 28.8 Å². The Hall–Kier alpha value is -3.96. The molecule has 2 aliphatic rings. The highest BCUT2D eigenvalue weighted by molar-refractivity contribution is 5.90. The zero-order valence-corrected chi connectivity index (χ0v) is 21.9. The second kappa shape index (κ2) is 10.1. The zero-order chi connectivity index (χ0) is 26.2. The Morgan fingerprint density at radius 3 is 2.42 bits per heavy atom. The molecule has 194 valence electrons. The van der Waals surface area contributed by atoms with Crippen LogP contribution in [0.2, 0.25) is 0 Å². The maximum Gasteiger partial charge on any atom is 0.167 e. The van der Waals surface area contributed by atoms with Crippen LogP contribution in [-0.2, 0) is 0 Å². The Bertz CT molecular complexity index is 1500. The van der Waals surface area contributed by atoms with Gasteiger partial charge in [0, 0.05) is 49.7 Å². The van der Waals surface area contributed by atoms with Crippen LogP contribution in [0.5, 0.6) is 0 Å². The number of rotatable bonds is 5. The maximum atomic E-state index is 16.0. The van der Waals surface area contributed by atoms with Crippen molar-refractivity contribution in [3.63, 3.8) is 0 Å². The van der Waals surface area contributed by atoms with Crippen LogP contribution in [0.1, 0.15) is 31.2 Å². The van der Waals surface area contributed by atoms with Gasteiger partial charge in [0.15, 0.2) is 5.65 Å². The molecule has 4 aromatic rings. The molecule has 0 bridgehead atoms. The standard InChI is InChI=1S/C30H32FN7/c1-35(2)24-13-17-37(20-24)23-10-11-26(25(31)18-23)38-29(22-8-6-21(19-32)7-9-22)34-28-27(12-14-33-30(28)38)36-15-4-3-5-16-36/h6-12,14,18,24H,3-5,13,15-17,20H2,1-2H3. The molecule has 6 rings (SSSR count). The molecule has 2 aromatic heterocycles. The van der Waals surface area contributed by atoms with Crippen molar-refractivity contribution in [2.24, 2.45) is 0 Å². The minimum absolute atomic E-state index is 0.310. The molecule has 2 fully saturated rings. The first-order valence-electron chi connectivity index (χ1n) is 13.4. The first-order valence-corrected chi connectivity index (χ1v) is 13.4. The fourth-order valence-electron chi connectivity index (χ4n) is 5.74. The molecular formula is C30H32FN7. The van der Waals surface area contributed by atoms with E-state index in [2.05, 4.69) is 34.9 Å². The second-order valence-electron chi connectivity index (χ2n) is 10.5. The molecule has 0 amide bonds. The Labute approximate surface area is 222 Å². The number of fused-ring (bicyclic) bond motifs is 1. The lowest BCUT2D eigenvalue weighted by molar-refractivity contribution is 0.315. The van der Waals surface area contributed by atoms with Gasteiger partial charge in [-0.2, -0.15) is 5.26 Å². The zero-order valence-electron chi connectivity index (χ0n) is 21.9. The van der Waals surface area contributed by atoms with Gasteiger partial charge in [0.05, 0.1) is 23.0 Å². The summed E-state index contributed by atoms with van der Waals surface area (Å²) in [6.45, 7) is 3.75. The molecule has 0 aliphatic carbocycles. The van der Waals surface area contributed by atoms with Crippen LogP contribution < -0.4 is 9.80 Å². The number of pyridine rings is 1. The highest BCUT2D eigenvalue weighted by Crippen LogP contribution is 2.35. The summed E-state index contributed by atoms with van der Waals surface area (Å²) in [7, 11) is 4.19. The van der Waals surface area contributed by atoms with Crippen LogP contribution in [0, 0.1) is 17.1 Å². The van der Waals surface area contributed by atoms with Crippen molar-refractivity contribution >= 4 is 22.5 Å². The van der Waals surface area contributed by atoms with E-state index in [0.717, 1.165) is 67.9 Å². The summed E-state index contributed by atoms with van der Waals surface area (Å²) in [5.41, 5.74) is 5.12. The maximum absolute atomic E-state index is 16.0. The number of anilines is 2. The topological polar surface area (TPSA) is 64.2 Å². The van der Waals surface area contributed by atoms with Crippen LogP contribution in [0.25, 0.3) is 28.2 Å². The van der Waals surface area contributed by atoms with Gasteiger partial charge in [-0.1, -0.05) is 0 Å². The smallest absolute Gasteiger partial charge is 0.167 e. The number of aromatic nitrogens is 3. The largest absolute Gasteiger partial charge is 0.370 e. The summed E-state index contributed by atoms with van der Waals surface area (Å²) in [4.78, 5) is 16.6. The average molecular weight is 510 g/mol. The Morgan fingerprint density at radius 2 is 1.74 bits per heavy atom. The summed E-state index contributed by atoms with van der Waals surface area (Å²) < 4.78 is 17.8. The van der Waals surface area contributed by atoms with Crippen molar-refractivity contribution in [1.29, 1.82) is 5.26 Å². The molecule has 1 unspecified atom stereocenters. The lowest BCUT2D eigenvalue weighted by Gasteiger charge is -2.28. The quantitative estimate of drug-likeness (QED) is 0.367. The molecule has 2 saturated heterocycles. The SMILES string of the molecule is CN(C)C1CCN(c2ccc(-n3c(-c4ccc(C#N)cc4)nc4c(N5CCCCC5)ccnc43)c(F)c2)C1. The van der Waals surface area contributed by atoms with E-state index in [4.69, 9.17) is 9.97 Å². The second-order valence-corrected chi connectivity index (χ2v) is 10.5. The molecule has 2 aliphatic heterocycles. The first-order chi connectivity index (χ1) is 18.5. The Morgan fingerprint density at radius 1 is 0.947 bits per heavy atom. The van der Waals surface area contributed by atoms with Gasteiger partial charge in [0.25, 0.3) is 0 Å².